The van der Waals surface area contributed by atoms with Crippen molar-refractivity contribution in [2.75, 3.05) is 13.1 Å². The van der Waals surface area contributed by atoms with Gasteiger partial charge >= 0.3 is 0 Å². The van der Waals surface area contributed by atoms with Crippen molar-refractivity contribution < 1.29 is 9.90 Å². The molecule has 4 nitrogen and oxygen atoms in total. The van der Waals surface area contributed by atoms with Crippen LogP contribution in [0.3, 0.4) is 0 Å². The first-order chi connectivity index (χ1) is 6.16. The third-order valence-electron chi connectivity index (χ3n) is 2.53. The van der Waals surface area contributed by atoms with Crippen LogP contribution in [0, 0.1) is 0 Å². The average Bonchev–Trinajstić information content (AvgIpc) is 2.52. The molecule has 13 heavy (non-hydrogen) atoms. The SMILES string of the molecule is C[C@@H](O)[C@H]1CCCN1C(=O)CCN. The predicted octanol–water partition coefficient (Wildman–Crippen LogP) is -0.293. The molecule has 1 fully saturated rings. The van der Waals surface area contributed by atoms with Gasteiger partial charge in [0.1, 0.15) is 0 Å². The molecular formula is C9H18N2O2. The van der Waals surface area contributed by atoms with Crippen LogP contribution in [0.15, 0.2) is 0 Å². The molecule has 1 amide bonds. The maximum Gasteiger partial charge on any atom is 0.224 e. The van der Waals surface area contributed by atoms with Gasteiger partial charge in [0.25, 0.3) is 0 Å². The van der Waals surface area contributed by atoms with Crippen LogP contribution in [-0.2, 0) is 4.79 Å². The summed E-state index contributed by atoms with van der Waals surface area (Å²) in [4.78, 5) is 13.3. The molecule has 0 aromatic rings. The number of hydrogen-bond acceptors (Lipinski definition) is 3. The van der Waals surface area contributed by atoms with E-state index in [2.05, 4.69) is 0 Å². The second-order valence-electron chi connectivity index (χ2n) is 3.58. The van der Waals surface area contributed by atoms with Gasteiger partial charge in [0.05, 0.1) is 12.1 Å². The lowest BCUT2D eigenvalue weighted by Gasteiger charge is -2.26. The van der Waals surface area contributed by atoms with E-state index < -0.39 is 6.10 Å². The van der Waals surface area contributed by atoms with Gasteiger partial charge in [-0.3, -0.25) is 4.79 Å². The molecular weight excluding hydrogens is 168 g/mol. The van der Waals surface area contributed by atoms with E-state index >= 15 is 0 Å². The van der Waals surface area contributed by atoms with E-state index in [9.17, 15) is 9.90 Å². The fourth-order valence-electron chi connectivity index (χ4n) is 1.87. The molecule has 0 unspecified atom stereocenters. The van der Waals surface area contributed by atoms with Crippen LogP contribution < -0.4 is 5.73 Å². The quantitative estimate of drug-likeness (QED) is 0.636. The van der Waals surface area contributed by atoms with Gasteiger partial charge in [0.2, 0.25) is 5.91 Å². The number of hydrogen-bond donors (Lipinski definition) is 2. The van der Waals surface area contributed by atoms with Crippen molar-refractivity contribution in [2.24, 2.45) is 5.73 Å². The van der Waals surface area contributed by atoms with Crippen LogP contribution in [0.1, 0.15) is 26.2 Å². The highest BCUT2D eigenvalue weighted by Crippen LogP contribution is 2.20. The summed E-state index contributed by atoms with van der Waals surface area (Å²) in [5.74, 6) is 0.0749. The topological polar surface area (TPSA) is 66.6 Å². The fraction of sp³-hybridized carbons (Fsp3) is 0.889. The smallest absolute Gasteiger partial charge is 0.224 e. The fourth-order valence-corrected chi connectivity index (χ4v) is 1.87. The summed E-state index contributed by atoms with van der Waals surface area (Å²) in [7, 11) is 0. The Labute approximate surface area is 78.7 Å². The first-order valence-corrected chi connectivity index (χ1v) is 4.84. The highest BCUT2D eigenvalue weighted by atomic mass is 16.3. The Morgan fingerprint density at radius 3 is 3.00 bits per heavy atom. The van der Waals surface area contributed by atoms with Crippen molar-refractivity contribution in [3.8, 4) is 0 Å². The van der Waals surface area contributed by atoms with Crippen molar-refractivity contribution in [1.29, 1.82) is 0 Å². The molecule has 1 heterocycles. The Balaban J connectivity index is 2.52. The normalized spacial score (nSPS) is 24.8. The largest absolute Gasteiger partial charge is 0.391 e. The number of rotatable bonds is 3. The Kier molecular flexibility index (Phi) is 3.69. The van der Waals surface area contributed by atoms with E-state index in [1.165, 1.54) is 0 Å². The number of aliphatic hydroxyl groups is 1. The Hall–Kier alpha value is -0.610. The third kappa shape index (κ3) is 2.42. The molecule has 1 rings (SSSR count). The van der Waals surface area contributed by atoms with Crippen LogP contribution in [0.5, 0.6) is 0 Å². The summed E-state index contributed by atoms with van der Waals surface area (Å²) < 4.78 is 0. The molecule has 0 bridgehead atoms. The van der Waals surface area contributed by atoms with Gasteiger partial charge in [0.15, 0.2) is 0 Å². The van der Waals surface area contributed by atoms with E-state index in [0.717, 1.165) is 19.4 Å². The number of carbonyl (C=O) groups is 1. The molecule has 0 spiro atoms. The van der Waals surface area contributed by atoms with E-state index in [1.54, 1.807) is 11.8 Å². The summed E-state index contributed by atoms with van der Waals surface area (Å²) >= 11 is 0. The van der Waals surface area contributed by atoms with Crippen molar-refractivity contribution in [1.82, 2.24) is 4.90 Å². The van der Waals surface area contributed by atoms with Crippen molar-refractivity contribution >= 4 is 5.91 Å². The van der Waals surface area contributed by atoms with Crippen molar-refractivity contribution in [3.05, 3.63) is 0 Å². The highest BCUT2D eigenvalue weighted by molar-refractivity contribution is 5.77. The molecule has 1 saturated heterocycles. The number of likely N-dealkylation sites (tertiary alicyclic amines) is 1. The number of nitrogens with two attached hydrogens (primary N) is 1. The first kappa shape index (κ1) is 10.5. The molecule has 0 aromatic heterocycles. The second kappa shape index (κ2) is 4.58. The van der Waals surface area contributed by atoms with Crippen LogP contribution in [0.2, 0.25) is 0 Å². The Bertz CT molecular complexity index is 182. The zero-order valence-corrected chi connectivity index (χ0v) is 8.07. The Morgan fingerprint density at radius 2 is 2.46 bits per heavy atom. The average molecular weight is 186 g/mol. The van der Waals surface area contributed by atoms with Gasteiger partial charge in [-0.15, -0.1) is 0 Å². The first-order valence-electron chi connectivity index (χ1n) is 4.84. The summed E-state index contributed by atoms with van der Waals surface area (Å²) in [6, 6.07) is 0.0130. The van der Waals surface area contributed by atoms with Crippen molar-refractivity contribution in [2.45, 2.75) is 38.3 Å². The van der Waals surface area contributed by atoms with Gasteiger partial charge in [-0.2, -0.15) is 0 Å². The third-order valence-corrected chi connectivity index (χ3v) is 2.53. The van der Waals surface area contributed by atoms with E-state index in [1.807, 2.05) is 0 Å². The number of aliphatic hydroxyl groups excluding tert-OH is 1. The van der Waals surface area contributed by atoms with Crippen LogP contribution in [0.4, 0.5) is 0 Å². The number of nitrogens with zero attached hydrogens (tertiary/aromatic N) is 1. The maximum absolute atomic E-state index is 11.5. The van der Waals surface area contributed by atoms with E-state index in [4.69, 9.17) is 5.73 Å². The molecule has 0 aliphatic carbocycles. The lowest BCUT2D eigenvalue weighted by atomic mass is 10.1. The monoisotopic (exact) mass is 186 g/mol. The molecule has 4 heteroatoms. The number of carbonyl (C=O) groups excluding carboxylic acids is 1. The molecule has 76 valence electrons. The van der Waals surface area contributed by atoms with Gasteiger partial charge < -0.3 is 15.7 Å². The number of amides is 1. The predicted molar refractivity (Wildman–Crippen MR) is 50.1 cm³/mol. The van der Waals surface area contributed by atoms with Gasteiger partial charge in [-0.1, -0.05) is 0 Å². The van der Waals surface area contributed by atoms with Gasteiger partial charge in [-0.25, -0.2) is 0 Å². The minimum absolute atomic E-state index is 0.0130. The lowest BCUT2D eigenvalue weighted by Crippen LogP contribution is -2.42. The summed E-state index contributed by atoms with van der Waals surface area (Å²) in [6.45, 7) is 2.90. The van der Waals surface area contributed by atoms with Gasteiger partial charge in [-0.05, 0) is 19.8 Å². The van der Waals surface area contributed by atoms with Crippen LogP contribution in [0.25, 0.3) is 0 Å². The Morgan fingerprint density at radius 1 is 1.77 bits per heavy atom. The molecule has 2 atom stereocenters. The zero-order valence-electron chi connectivity index (χ0n) is 8.07. The second-order valence-corrected chi connectivity index (χ2v) is 3.58. The minimum Gasteiger partial charge on any atom is -0.391 e. The maximum atomic E-state index is 11.5. The molecule has 3 N–H and O–H groups in total. The summed E-state index contributed by atoms with van der Waals surface area (Å²) in [5.41, 5.74) is 5.31. The van der Waals surface area contributed by atoms with E-state index in [0.29, 0.717) is 13.0 Å². The van der Waals surface area contributed by atoms with Crippen molar-refractivity contribution in [3.63, 3.8) is 0 Å². The van der Waals surface area contributed by atoms with E-state index in [-0.39, 0.29) is 11.9 Å². The van der Waals surface area contributed by atoms with Crippen LogP contribution in [-0.4, -0.2) is 41.1 Å². The summed E-state index contributed by atoms with van der Waals surface area (Å²) in [5, 5.41) is 9.41. The van der Waals surface area contributed by atoms with Crippen LogP contribution >= 0.6 is 0 Å². The molecule has 0 radical (unpaired) electrons. The molecule has 1 aliphatic rings. The standard InChI is InChI=1S/C9H18N2O2/c1-7(12)8-3-2-6-11(8)9(13)4-5-10/h7-8,12H,2-6,10H2,1H3/t7-,8-/m1/s1. The van der Waals surface area contributed by atoms with Gasteiger partial charge in [0, 0.05) is 19.5 Å². The molecule has 1 aliphatic heterocycles. The molecule has 0 aromatic carbocycles. The zero-order chi connectivity index (χ0) is 9.84. The molecule has 0 saturated carbocycles. The highest BCUT2D eigenvalue weighted by Gasteiger charge is 2.30. The minimum atomic E-state index is -0.427. The lowest BCUT2D eigenvalue weighted by molar-refractivity contribution is -0.133. The summed E-state index contributed by atoms with van der Waals surface area (Å²) in [6.07, 6.45) is 1.87.